The van der Waals surface area contributed by atoms with E-state index >= 15 is 0 Å². The highest BCUT2D eigenvalue weighted by Gasteiger charge is 2.19. The van der Waals surface area contributed by atoms with E-state index < -0.39 is 6.10 Å². The third-order valence-corrected chi connectivity index (χ3v) is 3.42. The van der Waals surface area contributed by atoms with E-state index in [1.54, 1.807) is 6.92 Å². The van der Waals surface area contributed by atoms with Crippen molar-refractivity contribution in [3.05, 3.63) is 29.8 Å². The van der Waals surface area contributed by atoms with Gasteiger partial charge in [-0.25, -0.2) is 0 Å². The first kappa shape index (κ1) is 15.0. The van der Waals surface area contributed by atoms with E-state index in [9.17, 15) is 10.2 Å². The smallest absolute Gasteiger partial charge is 0.0781 e. The van der Waals surface area contributed by atoms with Crippen molar-refractivity contribution in [2.24, 2.45) is 0 Å². The second-order valence-corrected chi connectivity index (χ2v) is 4.62. The summed E-state index contributed by atoms with van der Waals surface area (Å²) in [6, 6.07) is 8.30. The van der Waals surface area contributed by atoms with E-state index in [0.29, 0.717) is 12.6 Å². The molecule has 0 aliphatic rings. The lowest BCUT2D eigenvalue weighted by Crippen LogP contribution is -2.37. The average Bonchev–Trinajstić information content (AvgIpc) is 2.39. The number of aliphatic hydroxyl groups is 2. The van der Waals surface area contributed by atoms with Crippen molar-refractivity contribution in [1.29, 1.82) is 0 Å². The third kappa shape index (κ3) is 3.47. The molecule has 0 unspecified atom stereocenters. The van der Waals surface area contributed by atoms with Crippen molar-refractivity contribution in [1.82, 2.24) is 0 Å². The Morgan fingerprint density at radius 1 is 1.17 bits per heavy atom. The lowest BCUT2D eigenvalue weighted by atomic mass is 10.0. The van der Waals surface area contributed by atoms with Gasteiger partial charge in [-0.2, -0.15) is 0 Å². The molecule has 0 saturated heterocycles. The molecule has 1 atom stereocenters. The molecule has 1 rings (SSSR count). The van der Waals surface area contributed by atoms with Gasteiger partial charge in [-0.3, -0.25) is 0 Å². The predicted molar refractivity (Wildman–Crippen MR) is 75.9 cm³/mol. The number of nitrogens with zero attached hydrogens (tertiary/aromatic N) is 1. The molecular formula is C15H25NO2. The minimum absolute atomic E-state index is 0.130. The Hall–Kier alpha value is -1.06. The minimum Gasteiger partial charge on any atom is -0.395 e. The summed E-state index contributed by atoms with van der Waals surface area (Å²) in [6.45, 7) is 6.83. The van der Waals surface area contributed by atoms with Crippen LogP contribution in [0.25, 0.3) is 0 Å². The molecule has 0 fully saturated rings. The number of anilines is 1. The topological polar surface area (TPSA) is 43.7 Å². The monoisotopic (exact) mass is 251 g/mol. The first-order chi connectivity index (χ1) is 8.65. The molecule has 1 aromatic rings. The third-order valence-electron chi connectivity index (χ3n) is 3.42. The van der Waals surface area contributed by atoms with Crippen LogP contribution in [0.4, 0.5) is 5.69 Å². The molecule has 3 heteroatoms. The summed E-state index contributed by atoms with van der Waals surface area (Å²) in [4.78, 5) is 2.21. The largest absolute Gasteiger partial charge is 0.395 e. The first-order valence-electron chi connectivity index (χ1n) is 6.80. The molecule has 0 aliphatic carbocycles. The Bertz CT molecular complexity index is 348. The van der Waals surface area contributed by atoms with E-state index in [-0.39, 0.29) is 6.61 Å². The molecular weight excluding hydrogens is 226 g/mol. The van der Waals surface area contributed by atoms with Gasteiger partial charge in [0.1, 0.15) is 0 Å². The maximum Gasteiger partial charge on any atom is 0.0781 e. The van der Waals surface area contributed by atoms with Crippen LogP contribution in [-0.2, 0) is 0 Å². The fraction of sp³-hybridized carbons (Fsp3) is 0.600. The highest BCUT2D eigenvalue weighted by Crippen LogP contribution is 2.28. The fourth-order valence-corrected chi connectivity index (χ4v) is 2.44. The van der Waals surface area contributed by atoms with Gasteiger partial charge in [-0.15, -0.1) is 0 Å². The average molecular weight is 251 g/mol. The van der Waals surface area contributed by atoms with Gasteiger partial charge >= 0.3 is 0 Å². The molecule has 2 N–H and O–H groups in total. The molecule has 0 bridgehead atoms. The van der Waals surface area contributed by atoms with Crippen LogP contribution in [0, 0.1) is 0 Å². The molecule has 0 saturated carbocycles. The lowest BCUT2D eigenvalue weighted by Gasteiger charge is -2.34. The molecule has 0 spiro atoms. The zero-order valence-electron chi connectivity index (χ0n) is 11.6. The molecule has 102 valence electrons. The number of para-hydroxylation sites is 1. The van der Waals surface area contributed by atoms with Crippen molar-refractivity contribution < 1.29 is 10.2 Å². The number of hydrogen-bond acceptors (Lipinski definition) is 3. The van der Waals surface area contributed by atoms with Crippen LogP contribution in [-0.4, -0.2) is 29.4 Å². The second-order valence-electron chi connectivity index (χ2n) is 4.62. The van der Waals surface area contributed by atoms with Crippen LogP contribution in [0.15, 0.2) is 24.3 Å². The highest BCUT2D eigenvalue weighted by molar-refractivity contribution is 5.55. The van der Waals surface area contributed by atoms with Crippen LogP contribution in [0.1, 0.15) is 45.3 Å². The van der Waals surface area contributed by atoms with Gasteiger partial charge in [0.2, 0.25) is 0 Å². The molecule has 0 radical (unpaired) electrons. The Morgan fingerprint density at radius 3 is 2.28 bits per heavy atom. The number of hydrogen-bond donors (Lipinski definition) is 2. The quantitative estimate of drug-likeness (QED) is 0.783. The minimum atomic E-state index is -0.489. The maximum absolute atomic E-state index is 9.86. The van der Waals surface area contributed by atoms with Crippen LogP contribution in [0.2, 0.25) is 0 Å². The van der Waals surface area contributed by atoms with Gasteiger partial charge in [0.25, 0.3) is 0 Å². The summed E-state index contributed by atoms with van der Waals surface area (Å²) in [5.41, 5.74) is 1.97. The van der Waals surface area contributed by atoms with Gasteiger partial charge in [-0.05, 0) is 25.8 Å². The van der Waals surface area contributed by atoms with Crippen LogP contribution < -0.4 is 4.90 Å². The Balaban J connectivity index is 3.12. The zero-order valence-corrected chi connectivity index (χ0v) is 11.6. The second kappa shape index (κ2) is 7.39. The fourth-order valence-electron chi connectivity index (χ4n) is 2.44. The number of aliphatic hydroxyl groups excluding tert-OH is 2. The molecule has 18 heavy (non-hydrogen) atoms. The van der Waals surface area contributed by atoms with E-state index in [4.69, 9.17) is 0 Å². The van der Waals surface area contributed by atoms with Crippen molar-refractivity contribution in [3.63, 3.8) is 0 Å². The summed E-state index contributed by atoms with van der Waals surface area (Å²) in [6.07, 6.45) is 1.58. The first-order valence-corrected chi connectivity index (χ1v) is 6.80. The van der Waals surface area contributed by atoms with Gasteiger partial charge < -0.3 is 15.1 Å². The highest BCUT2D eigenvalue weighted by atomic mass is 16.3. The summed E-state index contributed by atoms with van der Waals surface area (Å²) in [5.74, 6) is 0. The normalized spacial score (nSPS) is 12.8. The van der Waals surface area contributed by atoms with Gasteiger partial charge in [0.05, 0.1) is 12.7 Å². The number of benzene rings is 1. The van der Waals surface area contributed by atoms with E-state index in [1.807, 2.05) is 24.3 Å². The van der Waals surface area contributed by atoms with Gasteiger partial charge in [0, 0.05) is 23.8 Å². The van der Waals surface area contributed by atoms with Gasteiger partial charge in [-0.1, -0.05) is 32.0 Å². The SMILES string of the molecule is CCC(CC)N(CCO)c1ccccc1[C@H](C)O. The predicted octanol–water partition coefficient (Wildman–Crippen LogP) is 2.73. The Labute approximate surface area is 110 Å². The molecule has 0 amide bonds. The van der Waals surface area contributed by atoms with Crippen molar-refractivity contribution >= 4 is 5.69 Å². The Kier molecular flexibility index (Phi) is 6.16. The molecule has 0 aliphatic heterocycles. The van der Waals surface area contributed by atoms with Crippen molar-refractivity contribution in [2.75, 3.05) is 18.1 Å². The summed E-state index contributed by atoms with van der Waals surface area (Å²) in [5, 5.41) is 19.1. The zero-order chi connectivity index (χ0) is 13.5. The van der Waals surface area contributed by atoms with E-state index in [1.165, 1.54) is 0 Å². The van der Waals surface area contributed by atoms with Gasteiger partial charge in [0.15, 0.2) is 0 Å². The van der Waals surface area contributed by atoms with Crippen molar-refractivity contribution in [3.8, 4) is 0 Å². The van der Waals surface area contributed by atoms with E-state index in [0.717, 1.165) is 24.1 Å². The maximum atomic E-state index is 9.86. The standard InChI is InChI=1S/C15H25NO2/c1-4-13(5-2)16(10-11-17)15-9-7-6-8-14(15)12(3)18/h6-9,12-13,17-18H,4-5,10-11H2,1-3H3/t12-/m0/s1. The summed E-state index contributed by atoms with van der Waals surface area (Å²) in [7, 11) is 0. The molecule has 0 aromatic heterocycles. The van der Waals surface area contributed by atoms with Crippen LogP contribution in [0.3, 0.4) is 0 Å². The van der Waals surface area contributed by atoms with Crippen molar-refractivity contribution in [2.45, 2.75) is 45.8 Å². The molecule has 3 nitrogen and oxygen atoms in total. The van der Waals surface area contributed by atoms with Crippen LogP contribution in [0.5, 0.6) is 0 Å². The summed E-state index contributed by atoms with van der Waals surface area (Å²) < 4.78 is 0. The molecule has 0 heterocycles. The lowest BCUT2D eigenvalue weighted by molar-refractivity contribution is 0.199. The molecule has 1 aromatic carbocycles. The Morgan fingerprint density at radius 2 is 1.78 bits per heavy atom. The number of rotatable bonds is 7. The summed E-state index contributed by atoms with van der Waals surface area (Å²) >= 11 is 0. The van der Waals surface area contributed by atoms with Crippen LogP contribution >= 0.6 is 0 Å². The van der Waals surface area contributed by atoms with E-state index in [2.05, 4.69) is 18.7 Å².